The summed E-state index contributed by atoms with van der Waals surface area (Å²) >= 11 is 0. The van der Waals surface area contributed by atoms with Gasteiger partial charge in [0, 0.05) is 48.1 Å². The van der Waals surface area contributed by atoms with Gasteiger partial charge in [-0.15, -0.1) is 6.42 Å². The number of carbonyl (C=O) groups excluding carboxylic acids is 1. The molecule has 3 rings (SSSR count). The van der Waals surface area contributed by atoms with Crippen LogP contribution >= 0.6 is 0 Å². The van der Waals surface area contributed by atoms with Gasteiger partial charge >= 0.3 is 0 Å². The number of terminal acetylenes is 1. The number of rotatable bonds is 5. The van der Waals surface area contributed by atoms with Crippen LogP contribution in [0.25, 0.3) is 0 Å². The Hall–Kier alpha value is -2.68. The van der Waals surface area contributed by atoms with E-state index in [4.69, 9.17) is 6.42 Å². The molecule has 1 aliphatic heterocycles. The van der Waals surface area contributed by atoms with Gasteiger partial charge in [-0.3, -0.25) is 9.69 Å². The molecule has 0 spiro atoms. The standard InChI is InChI=1S/C23H26FN3O/c1-5-17-12-18(7-6-16(17)2)23(28)25-20-9-8-19(22(24)13-20)14-27-11-10-21(15-27)26(3)4/h1,6-9,12-13,21H,10-11,14-15H2,2-4H3,(H,25,28)/t21-/m0/s1. The molecule has 0 aliphatic carbocycles. The normalized spacial score (nSPS) is 16.9. The van der Waals surface area contributed by atoms with Crippen molar-refractivity contribution in [1.82, 2.24) is 9.80 Å². The lowest BCUT2D eigenvalue weighted by Crippen LogP contribution is -2.31. The van der Waals surface area contributed by atoms with Crippen molar-refractivity contribution in [3.8, 4) is 12.3 Å². The number of nitrogens with one attached hydrogen (secondary N) is 1. The molecule has 2 aromatic rings. The van der Waals surface area contributed by atoms with Gasteiger partial charge in [0.15, 0.2) is 0 Å². The van der Waals surface area contributed by atoms with Crippen LogP contribution in [-0.4, -0.2) is 48.9 Å². The van der Waals surface area contributed by atoms with Crippen LogP contribution in [0.2, 0.25) is 0 Å². The highest BCUT2D eigenvalue weighted by molar-refractivity contribution is 6.04. The average molecular weight is 379 g/mol. The monoisotopic (exact) mass is 379 g/mol. The molecule has 1 fully saturated rings. The maximum absolute atomic E-state index is 14.6. The second kappa shape index (κ2) is 8.55. The quantitative estimate of drug-likeness (QED) is 0.808. The Morgan fingerprint density at radius 3 is 2.75 bits per heavy atom. The first-order chi connectivity index (χ1) is 13.4. The second-order valence-electron chi connectivity index (χ2n) is 7.58. The molecule has 1 amide bonds. The maximum Gasteiger partial charge on any atom is 0.255 e. The lowest BCUT2D eigenvalue weighted by atomic mass is 10.0. The third-order valence-corrected chi connectivity index (χ3v) is 5.34. The van der Waals surface area contributed by atoms with E-state index in [2.05, 4.69) is 35.1 Å². The molecule has 1 N–H and O–H groups in total. The number of aryl methyl sites for hydroxylation is 1. The minimum absolute atomic E-state index is 0.306. The zero-order chi connectivity index (χ0) is 20.3. The Balaban J connectivity index is 1.66. The number of benzene rings is 2. The van der Waals surface area contributed by atoms with E-state index in [-0.39, 0.29) is 11.7 Å². The molecule has 2 aromatic carbocycles. The number of hydrogen-bond acceptors (Lipinski definition) is 3. The zero-order valence-corrected chi connectivity index (χ0v) is 16.6. The van der Waals surface area contributed by atoms with Crippen molar-refractivity contribution in [2.24, 2.45) is 0 Å². The zero-order valence-electron chi connectivity index (χ0n) is 16.6. The molecular formula is C23H26FN3O. The van der Waals surface area contributed by atoms with Crippen LogP contribution < -0.4 is 5.32 Å². The Morgan fingerprint density at radius 2 is 2.11 bits per heavy atom. The van der Waals surface area contributed by atoms with Crippen LogP contribution in [0.4, 0.5) is 10.1 Å². The SMILES string of the molecule is C#Cc1cc(C(=O)Nc2ccc(CN3CC[C@H](N(C)C)C3)c(F)c2)ccc1C. The molecular weight excluding hydrogens is 353 g/mol. The van der Waals surface area contributed by atoms with Crippen LogP contribution in [0.5, 0.6) is 0 Å². The molecule has 1 atom stereocenters. The van der Waals surface area contributed by atoms with E-state index < -0.39 is 0 Å². The van der Waals surface area contributed by atoms with Gasteiger partial charge in [-0.2, -0.15) is 0 Å². The van der Waals surface area contributed by atoms with E-state index in [1.54, 1.807) is 24.3 Å². The summed E-state index contributed by atoms with van der Waals surface area (Å²) in [4.78, 5) is 16.9. The van der Waals surface area contributed by atoms with Crippen molar-refractivity contribution >= 4 is 11.6 Å². The molecule has 0 bridgehead atoms. The third kappa shape index (κ3) is 4.59. The van der Waals surface area contributed by atoms with E-state index in [1.165, 1.54) is 6.07 Å². The summed E-state index contributed by atoms with van der Waals surface area (Å²) in [6.07, 6.45) is 6.56. The molecule has 0 unspecified atom stereocenters. The van der Waals surface area contributed by atoms with Crippen LogP contribution in [0.1, 0.15) is 33.5 Å². The molecule has 0 aromatic heterocycles. The van der Waals surface area contributed by atoms with E-state index in [0.29, 0.717) is 35.0 Å². The van der Waals surface area contributed by atoms with Crippen LogP contribution in [0.3, 0.4) is 0 Å². The molecule has 5 heteroatoms. The third-order valence-electron chi connectivity index (χ3n) is 5.34. The molecule has 1 aliphatic rings. The molecule has 28 heavy (non-hydrogen) atoms. The van der Waals surface area contributed by atoms with Gasteiger partial charge in [-0.05, 0) is 57.3 Å². The van der Waals surface area contributed by atoms with Crippen LogP contribution in [0, 0.1) is 25.1 Å². The van der Waals surface area contributed by atoms with E-state index in [9.17, 15) is 9.18 Å². The van der Waals surface area contributed by atoms with E-state index in [0.717, 1.165) is 25.1 Å². The Morgan fingerprint density at radius 1 is 1.32 bits per heavy atom. The highest BCUT2D eigenvalue weighted by atomic mass is 19.1. The largest absolute Gasteiger partial charge is 0.322 e. The van der Waals surface area contributed by atoms with Crippen molar-refractivity contribution in [1.29, 1.82) is 0 Å². The number of likely N-dealkylation sites (N-methyl/N-ethyl adjacent to an activating group) is 1. The number of carbonyl (C=O) groups is 1. The number of halogens is 1. The second-order valence-corrected chi connectivity index (χ2v) is 7.58. The number of amides is 1. The first kappa shape index (κ1) is 20.1. The summed E-state index contributed by atoms with van der Waals surface area (Å²) in [6, 6.07) is 10.6. The summed E-state index contributed by atoms with van der Waals surface area (Å²) < 4.78 is 14.6. The van der Waals surface area contributed by atoms with Crippen LogP contribution in [-0.2, 0) is 6.54 Å². The summed E-state index contributed by atoms with van der Waals surface area (Å²) in [5.74, 6) is 1.95. The topological polar surface area (TPSA) is 35.6 Å². The Labute approximate surface area is 166 Å². The van der Waals surface area contributed by atoms with Gasteiger partial charge in [-0.25, -0.2) is 4.39 Å². The summed E-state index contributed by atoms with van der Waals surface area (Å²) in [7, 11) is 4.15. The lowest BCUT2D eigenvalue weighted by Gasteiger charge is -2.20. The number of anilines is 1. The summed E-state index contributed by atoms with van der Waals surface area (Å²) in [5.41, 5.74) is 3.14. The fourth-order valence-corrected chi connectivity index (χ4v) is 3.49. The fourth-order valence-electron chi connectivity index (χ4n) is 3.49. The summed E-state index contributed by atoms with van der Waals surface area (Å²) in [6.45, 7) is 4.38. The van der Waals surface area contributed by atoms with Gasteiger partial charge in [0.05, 0.1) is 0 Å². The maximum atomic E-state index is 14.6. The first-order valence-corrected chi connectivity index (χ1v) is 9.43. The van der Waals surface area contributed by atoms with Gasteiger partial charge in [0.2, 0.25) is 0 Å². The Bertz CT molecular complexity index is 917. The minimum atomic E-state index is -0.308. The number of likely N-dealkylation sites (tertiary alicyclic amines) is 1. The van der Waals surface area contributed by atoms with Crippen molar-refractivity contribution < 1.29 is 9.18 Å². The number of nitrogens with zero attached hydrogens (tertiary/aromatic N) is 2. The fraction of sp³-hybridized carbons (Fsp3) is 0.348. The molecule has 146 valence electrons. The van der Waals surface area contributed by atoms with Crippen LogP contribution in [0.15, 0.2) is 36.4 Å². The Kier molecular flexibility index (Phi) is 6.13. The van der Waals surface area contributed by atoms with Crippen molar-refractivity contribution in [2.45, 2.75) is 25.9 Å². The van der Waals surface area contributed by atoms with Crippen molar-refractivity contribution in [3.05, 3.63) is 64.5 Å². The molecule has 4 nitrogen and oxygen atoms in total. The van der Waals surface area contributed by atoms with Gasteiger partial charge in [-0.1, -0.05) is 18.1 Å². The summed E-state index contributed by atoms with van der Waals surface area (Å²) in [5, 5.41) is 2.74. The predicted octanol–water partition coefficient (Wildman–Crippen LogP) is 3.50. The van der Waals surface area contributed by atoms with Crippen molar-refractivity contribution in [2.75, 3.05) is 32.5 Å². The number of hydrogen-bond donors (Lipinski definition) is 1. The molecule has 0 saturated carbocycles. The molecule has 0 radical (unpaired) electrons. The smallest absolute Gasteiger partial charge is 0.255 e. The van der Waals surface area contributed by atoms with Gasteiger partial charge in [0.1, 0.15) is 5.82 Å². The highest BCUT2D eigenvalue weighted by Crippen LogP contribution is 2.21. The molecule has 1 saturated heterocycles. The minimum Gasteiger partial charge on any atom is -0.322 e. The predicted molar refractivity (Wildman–Crippen MR) is 111 cm³/mol. The molecule has 1 heterocycles. The average Bonchev–Trinajstić information content (AvgIpc) is 3.13. The van der Waals surface area contributed by atoms with E-state index >= 15 is 0 Å². The highest BCUT2D eigenvalue weighted by Gasteiger charge is 2.24. The van der Waals surface area contributed by atoms with Crippen molar-refractivity contribution in [3.63, 3.8) is 0 Å². The van der Waals surface area contributed by atoms with Gasteiger partial charge in [0.25, 0.3) is 5.91 Å². The van der Waals surface area contributed by atoms with E-state index in [1.807, 2.05) is 13.0 Å². The van der Waals surface area contributed by atoms with Gasteiger partial charge < -0.3 is 10.2 Å². The lowest BCUT2D eigenvalue weighted by molar-refractivity contribution is 0.102. The first-order valence-electron chi connectivity index (χ1n) is 9.43.